The standard InChI is InChI=1S/C5H10O4/c1-3-4(8-2)9-5(6)7/h4H,3H2,1-2H3,(H,6,7)/p-1. The van der Waals surface area contributed by atoms with E-state index in [1.54, 1.807) is 6.92 Å². The smallest absolute Gasteiger partial charge is 0.254 e. The molecule has 0 aromatic rings. The molecule has 54 valence electrons. The molecule has 0 aromatic heterocycles. The van der Waals surface area contributed by atoms with E-state index in [0.717, 1.165) is 0 Å². The van der Waals surface area contributed by atoms with Crippen LogP contribution in [0.5, 0.6) is 0 Å². The van der Waals surface area contributed by atoms with Crippen molar-refractivity contribution in [3.8, 4) is 0 Å². The zero-order chi connectivity index (χ0) is 7.28. The molecule has 4 heteroatoms. The van der Waals surface area contributed by atoms with Crippen LogP contribution in [0.2, 0.25) is 0 Å². The molecule has 0 saturated heterocycles. The van der Waals surface area contributed by atoms with Crippen molar-refractivity contribution in [2.45, 2.75) is 19.6 Å². The van der Waals surface area contributed by atoms with Crippen molar-refractivity contribution in [1.82, 2.24) is 0 Å². The average Bonchev–Trinajstić information content (AvgIpc) is 1.82. The molecule has 0 radical (unpaired) electrons. The van der Waals surface area contributed by atoms with E-state index in [2.05, 4.69) is 9.47 Å². The Bertz CT molecular complexity index is 87.0. The van der Waals surface area contributed by atoms with Crippen molar-refractivity contribution in [3.63, 3.8) is 0 Å². The molecule has 0 aliphatic rings. The Morgan fingerprint density at radius 2 is 2.33 bits per heavy atom. The van der Waals surface area contributed by atoms with Crippen molar-refractivity contribution in [2.75, 3.05) is 7.11 Å². The third kappa shape index (κ3) is 3.78. The van der Waals surface area contributed by atoms with Gasteiger partial charge in [0.05, 0.1) is 0 Å². The molecule has 0 aliphatic heterocycles. The highest BCUT2D eigenvalue weighted by molar-refractivity contribution is 5.54. The summed E-state index contributed by atoms with van der Waals surface area (Å²) in [5, 5.41) is 9.71. The number of rotatable bonds is 3. The predicted octanol–water partition coefficient (Wildman–Crippen LogP) is -0.271. The highest BCUT2D eigenvalue weighted by atomic mass is 16.7. The van der Waals surface area contributed by atoms with Gasteiger partial charge in [0.1, 0.15) is 6.29 Å². The van der Waals surface area contributed by atoms with Crippen LogP contribution in [0.3, 0.4) is 0 Å². The zero-order valence-corrected chi connectivity index (χ0v) is 5.42. The minimum Gasteiger partial charge on any atom is -0.521 e. The van der Waals surface area contributed by atoms with Crippen LogP contribution in [-0.2, 0) is 9.47 Å². The molecule has 1 unspecified atom stereocenters. The van der Waals surface area contributed by atoms with Gasteiger partial charge in [-0.15, -0.1) is 0 Å². The summed E-state index contributed by atoms with van der Waals surface area (Å²) >= 11 is 0. The van der Waals surface area contributed by atoms with E-state index in [1.807, 2.05) is 0 Å². The number of carbonyl (C=O) groups excluding carboxylic acids is 1. The van der Waals surface area contributed by atoms with Crippen LogP contribution < -0.4 is 5.11 Å². The van der Waals surface area contributed by atoms with Crippen LogP contribution in [0.25, 0.3) is 0 Å². The number of carbonyl (C=O) groups is 1. The molecule has 4 nitrogen and oxygen atoms in total. The lowest BCUT2D eigenvalue weighted by atomic mass is 10.5. The molecule has 0 spiro atoms. The summed E-state index contributed by atoms with van der Waals surface area (Å²) < 4.78 is 8.70. The van der Waals surface area contributed by atoms with Crippen molar-refractivity contribution in [2.24, 2.45) is 0 Å². The number of carboxylic acid groups (broad SMARTS) is 1. The summed E-state index contributed by atoms with van der Waals surface area (Å²) in [6, 6.07) is 0. The summed E-state index contributed by atoms with van der Waals surface area (Å²) in [6.45, 7) is 1.75. The second kappa shape index (κ2) is 4.14. The molecule has 9 heavy (non-hydrogen) atoms. The number of hydrogen-bond donors (Lipinski definition) is 0. The maximum Gasteiger partial charge on any atom is 0.254 e. The summed E-state index contributed by atoms with van der Waals surface area (Å²) in [5.74, 6) is 0. The Labute approximate surface area is 53.4 Å². The number of ether oxygens (including phenoxy) is 2. The lowest BCUT2D eigenvalue weighted by Gasteiger charge is -2.17. The molecular weight excluding hydrogens is 124 g/mol. The Kier molecular flexibility index (Phi) is 3.79. The number of methoxy groups -OCH3 is 1. The number of hydrogen-bond acceptors (Lipinski definition) is 4. The molecule has 0 aliphatic carbocycles. The molecule has 0 N–H and O–H groups in total. The summed E-state index contributed by atoms with van der Waals surface area (Å²) in [6.07, 6.45) is -1.75. The first-order valence-corrected chi connectivity index (χ1v) is 2.61. The lowest BCUT2D eigenvalue weighted by molar-refractivity contribution is -0.300. The minimum atomic E-state index is -1.55. The predicted molar refractivity (Wildman–Crippen MR) is 27.6 cm³/mol. The maximum atomic E-state index is 9.71. The van der Waals surface area contributed by atoms with Gasteiger partial charge in [0.2, 0.25) is 0 Å². The zero-order valence-electron chi connectivity index (χ0n) is 5.42. The van der Waals surface area contributed by atoms with Gasteiger partial charge in [0.25, 0.3) is 6.16 Å². The third-order valence-electron chi connectivity index (χ3n) is 0.824. The Balaban J connectivity index is 3.43. The summed E-state index contributed by atoms with van der Waals surface area (Å²) in [5.41, 5.74) is 0. The Hall–Kier alpha value is -0.770. The van der Waals surface area contributed by atoms with Gasteiger partial charge in [0.15, 0.2) is 0 Å². The quantitative estimate of drug-likeness (QED) is 0.392. The van der Waals surface area contributed by atoms with Crippen LogP contribution >= 0.6 is 0 Å². The van der Waals surface area contributed by atoms with Gasteiger partial charge < -0.3 is 19.4 Å². The average molecular weight is 133 g/mol. The van der Waals surface area contributed by atoms with E-state index in [9.17, 15) is 9.90 Å². The van der Waals surface area contributed by atoms with Crippen LogP contribution in [0, 0.1) is 0 Å². The van der Waals surface area contributed by atoms with Crippen LogP contribution in [0.15, 0.2) is 0 Å². The molecule has 1 atom stereocenters. The first-order chi connectivity index (χ1) is 4.20. The van der Waals surface area contributed by atoms with Crippen LogP contribution in [0.1, 0.15) is 13.3 Å². The van der Waals surface area contributed by atoms with Gasteiger partial charge in [-0.25, -0.2) is 0 Å². The normalized spacial score (nSPS) is 12.7. The fourth-order valence-electron chi connectivity index (χ4n) is 0.405. The van der Waals surface area contributed by atoms with E-state index in [0.29, 0.717) is 6.42 Å². The van der Waals surface area contributed by atoms with Gasteiger partial charge in [-0.3, -0.25) is 0 Å². The van der Waals surface area contributed by atoms with E-state index < -0.39 is 12.4 Å². The molecule has 0 saturated carbocycles. The Morgan fingerprint density at radius 3 is 2.44 bits per heavy atom. The third-order valence-corrected chi connectivity index (χ3v) is 0.824. The molecule has 0 fully saturated rings. The van der Waals surface area contributed by atoms with Gasteiger partial charge in [-0.1, -0.05) is 6.92 Å². The molecule has 0 amide bonds. The second-order valence-electron chi connectivity index (χ2n) is 1.44. The first kappa shape index (κ1) is 8.23. The van der Waals surface area contributed by atoms with Crippen molar-refractivity contribution in [3.05, 3.63) is 0 Å². The van der Waals surface area contributed by atoms with Crippen molar-refractivity contribution in [1.29, 1.82) is 0 Å². The Morgan fingerprint density at radius 1 is 1.78 bits per heavy atom. The fourth-order valence-corrected chi connectivity index (χ4v) is 0.405. The molecule has 0 heterocycles. The van der Waals surface area contributed by atoms with E-state index in [1.165, 1.54) is 7.11 Å². The van der Waals surface area contributed by atoms with E-state index in [-0.39, 0.29) is 0 Å². The fraction of sp³-hybridized carbons (Fsp3) is 0.800. The van der Waals surface area contributed by atoms with Gasteiger partial charge >= 0.3 is 0 Å². The van der Waals surface area contributed by atoms with Crippen LogP contribution in [0.4, 0.5) is 4.79 Å². The van der Waals surface area contributed by atoms with Gasteiger partial charge in [-0.05, 0) is 6.42 Å². The SMILES string of the molecule is CCC(OC)OC(=O)[O-]. The molecule has 0 aromatic carbocycles. The molecular formula is C5H9O4-. The highest BCUT2D eigenvalue weighted by Gasteiger charge is 1.98. The lowest BCUT2D eigenvalue weighted by Crippen LogP contribution is -2.29. The molecule has 0 bridgehead atoms. The summed E-state index contributed by atoms with van der Waals surface area (Å²) in [7, 11) is 1.37. The minimum absolute atomic E-state index is 0.491. The molecule has 0 rings (SSSR count). The van der Waals surface area contributed by atoms with Crippen molar-refractivity contribution < 1.29 is 19.4 Å². The van der Waals surface area contributed by atoms with Crippen molar-refractivity contribution >= 4 is 6.16 Å². The maximum absolute atomic E-state index is 9.71. The monoisotopic (exact) mass is 133 g/mol. The van der Waals surface area contributed by atoms with Crippen LogP contribution in [-0.4, -0.2) is 19.6 Å². The second-order valence-corrected chi connectivity index (χ2v) is 1.44. The van der Waals surface area contributed by atoms with E-state index >= 15 is 0 Å². The van der Waals surface area contributed by atoms with Gasteiger partial charge in [0, 0.05) is 7.11 Å². The largest absolute Gasteiger partial charge is 0.521 e. The topological polar surface area (TPSA) is 58.6 Å². The van der Waals surface area contributed by atoms with Gasteiger partial charge in [-0.2, -0.15) is 0 Å². The first-order valence-electron chi connectivity index (χ1n) is 2.61. The summed E-state index contributed by atoms with van der Waals surface area (Å²) in [4.78, 5) is 9.71. The van der Waals surface area contributed by atoms with E-state index in [4.69, 9.17) is 0 Å². The highest BCUT2D eigenvalue weighted by Crippen LogP contribution is 1.96.